The predicted molar refractivity (Wildman–Crippen MR) is 61.5 cm³/mol. The summed E-state index contributed by atoms with van der Waals surface area (Å²) in [6.07, 6.45) is 0.689. The van der Waals surface area contributed by atoms with Gasteiger partial charge in [-0.15, -0.1) is 0 Å². The summed E-state index contributed by atoms with van der Waals surface area (Å²) in [5.74, 6) is -4.27. The molecule has 0 fully saturated rings. The number of amides is 1. The molecule has 1 aromatic rings. The van der Waals surface area contributed by atoms with Gasteiger partial charge in [-0.3, -0.25) is 4.79 Å². The van der Waals surface area contributed by atoms with Crippen LogP contribution in [-0.4, -0.2) is 19.0 Å². The Morgan fingerprint density at radius 1 is 1.33 bits per heavy atom. The quantitative estimate of drug-likeness (QED) is 0.848. The molecule has 0 bridgehead atoms. The molecule has 0 aromatic heterocycles. The summed E-state index contributed by atoms with van der Waals surface area (Å²) in [6.45, 7) is 2.58. The monoisotopic (exact) mass is 260 g/mol. The molecule has 0 saturated heterocycles. The third-order valence-electron chi connectivity index (χ3n) is 2.50. The molecule has 3 N–H and O–H groups in total. The maximum atomic E-state index is 13.3. The number of nitrogens with one attached hydrogen (secondary N) is 1. The number of halogens is 3. The predicted octanol–water partition coefficient (Wildman–Crippen LogP) is 1.82. The number of hydrogen-bond donors (Lipinski definition) is 2. The SMILES string of the molecule is CC(CCN)CNC(=O)c1c(F)cc(F)cc1F. The van der Waals surface area contributed by atoms with Crippen LogP contribution in [0.2, 0.25) is 0 Å². The first kappa shape index (κ1) is 14.5. The molecule has 6 heteroatoms. The zero-order chi connectivity index (χ0) is 13.7. The Bertz CT molecular complexity index is 414. The molecule has 1 aromatic carbocycles. The highest BCUT2D eigenvalue weighted by molar-refractivity contribution is 5.94. The summed E-state index contributed by atoms with van der Waals surface area (Å²) in [4.78, 5) is 11.6. The van der Waals surface area contributed by atoms with Crippen molar-refractivity contribution < 1.29 is 18.0 Å². The Morgan fingerprint density at radius 2 is 1.89 bits per heavy atom. The van der Waals surface area contributed by atoms with Crippen molar-refractivity contribution in [2.24, 2.45) is 11.7 Å². The topological polar surface area (TPSA) is 55.1 Å². The number of benzene rings is 1. The lowest BCUT2D eigenvalue weighted by Gasteiger charge is -2.12. The normalized spacial score (nSPS) is 12.3. The molecule has 18 heavy (non-hydrogen) atoms. The van der Waals surface area contributed by atoms with Gasteiger partial charge >= 0.3 is 0 Å². The van der Waals surface area contributed by atoms with Crippen molar-refractivity contribution >= 4 is 5.91 Å². The summed E-state index contributed by atoms with van der Waals surface area (Å²) < 4.78 is 39.2. The first-order valence-electron chi connectivity index (χ1n) is 5.58. The van der Waals surface area contributed by atoms with E-state index in [2.05, 4.69) is 5.32 Å². The van der Waals surface area contributed by atoms with Crippen molar-refractivity contribution in [2.75, 3.05) is 13.1 Å². The molecule has 0 spiro atoms. The molecule has 1 atom stereocenters. The van der Waals surface area contributed by atoms with Crippen LogP contribution in [0.15, 0.2) is 12.1 Å². The minimum absolute atomic E-state index is 0.102. The highest BCUT2D eigenvalue weighted by atomic mass is 19.1. The molecule has 0 radical (unpaired) electrons. The van der Waals surface area contributed by atoms with E-state index < -0.39 is 28.9 Å². The fraction of sp³-hybridized carbons (Fsp3) is 0.417. The van der Waals surface area contributed by atoms with Crippen molar-refractivity contribution in [1.29, 1.82) is 0 Å². The number of nitrogens with two attached hydrogens (primary N) is 1. The van der Waals surface area contributed by atoms with Gasteiger partial charge < -0.3 is 11.1 Å². The number of hydrogen-bond acceptors (Lipinski definition) is 2. The Morgan fingerprint density at radius 3 is 2.39 bits per heavy atom. The van der Waals surface area contributed by atoms with E-state index in [1.807, 2.05) is 6.92 Å². The molecule has 1 unspecified atom stereocenters. The largest absolute Gasteiger partial charge is 0.352 e. The Labute approximate surface area is 103 Å². The molecule has 0 aliphatic rings. The fourth-order valence-corrected chi connectivity index (χ4v) is 1.50. The van der Waals surface area contributed by atoms with Crippen LogP contribution in [0.4, 0.5) is 13.2 Å². The molecule has 0 saturated carbocycles. The summed E-state index contributed by atoms with van der Waals surface area (Å²) >= 11 is 0. The lowest BCUT2D eigenvalue weighted by atomic mass is 10.1. The minimum atomic E-state index is -1.21. The van der Waals surface area contributed by atoms with Gasteiger partial charge in [0, 0.05) is 18.7 Å². The number of rotatable bonds is 5. The first-order chi connectivity index (χ1) is 8.45. The van der Waals surface area contributed by atoms with Crippen LogP contribution in [0.25, 0.3) is 0 Å². The van der Waals surface area contributed by atoms with Gasteiger partial charge in [0.1, 0.15) is 23.0 Å². The van der Waals surface area contributed by atoms with Crippen molar-refractivity contribution in [2.45, 2.75) is 13.3 Å². The van der Waals surface area contributed by atoms with E-state index in [1.54, 1.807) is 0 Å². The summed E-state index contributed by atoms with van der Waals surface area (Å²) in [5, 5.41) is 2.39. The van der Waals surface area contributed by atoms with Crippen LogP contribution in [0.5, 0.6) is 0 Å². The van der Waals surface area contributed by atoms with Crippen molar-refractivity contribution in [1.82, 2.24) is 5.32 Å². The van der Waals surface area contributed by atoms with Crippen LogP contribution < -0.4 is 11.1 Å². The van der Waals surface area contributed by atoms with Gasteiger partial charge in [-0.05, 0) is 18.9 Å². The Kier molecular flexibility index (Phi) is 5.15. The number of carbonyl (C=O) groups excluding carboxylic acids is 1. The maximum Gasteiger partial charge on any atom is 0.257 e. The summed E-state index contributed by atoms with van der Waals surface area (Å²) in [6, 6.07) is 0.947. The molecule has 1 rings (SSSR count). The standard InChI is InChI=1S/C12H15F3N2O/c1-7(2-3-16)6-17-12(18)11-9(14)4-8(13)5-10(11)15/h4-5,7H,2-3,6,16H2,1H3,(H,17,18). The van der Waals surface area contributed by atoms with Gasteiger partial charge in [0.25, 0.3) is 5.91 Å². The van der Waals surface area contributed by atoms with Crippen molar-refractivity contribution in [3.8, 4) is 0 Å². The molecule has 100 valence electrons. The Balaban J connectivity index is 2.73. The first-order valence-corrected chi connectivity index (χ1v) is 5.58. The summed E-state index contributed by atoms with van der Waals surface area (Å²) in [7, 11) is 0. The van der Waals surface area contributed by atoms with Gasteiger partial charge in [0.15, 0.2) is 0 Å². The van der Waals surface area contributed by atoms with Gasteiger partial charge in [0.2, 0.25) is 0 Å². The molecular formula is C12H15F3N2O. The van der Waals surface area contributed by atoms with E-state index >= 15 is 0 Å². The Hall–Kier alpha value is -1.56. The molecule has 0 aliphatic heterocycles. The fourth-order valence-electron chi connectivity index (χ4n) is 1.50. The molecule has 3 nitrogen and oxygen atoms in total. The van der Waals surface area contributed by atoms with Crippen LogP contribution in [-0.2, 0) is 0 Å². The highest BCUT2D eigenvalue weighted by Gasteiger charge is 2.19. The smallest absolute Gasteiger partial charge is 0.257 e. The molecule has 1 amide bonds. The van der Waals surface area contributed by atoms with E-state index in [9.17, 15) is 18.0 Å². The van der Waals surface area contributed by atoms with Gasteiger partial charge in [-0.25, -0.2) is 13.2 Å². The molecular weight excluding hydrogens is 245 g/mol. The number of carbonyl (C=O) groups is 1. The van der Waals surface area contributed by atoms with E-state index in [1.165, 1.54) is 0 Å². The third kappa shape index (κ3) is 3.73. The zero-order valence-corrected chi connectivity index (χ0v) is 9.97. The van der Waals surface area contributed by atoms with Crippen LogP contribution >= 0.6 is 0 Å². The second-order valence-electron chi connectivity index (χ2n) is 4.14. The molecule has 0 aliphatic carbocycles. The maximum absolute atomic E-state index is 13.3. The van der Waals surface area contributed by atoms with E-state index in [4.69, 9.17) is 5.73 Å². The van der Waals surface area contributed by atoms with E-state index in [0.29, 0.717) is 25.1 Å². The van der Waals surface area contributed by atoms with E-state index in [0.717, 1.165) is 0 Å². The average molecular weight is 260 g/mol. The second-order valence-corrected chi connectivity index (χ2v) is 4.14. The van der Waals surface area contributed by atoms with Gasteiger partial charge in [0.05, 0.1) is 0 Å². The van der Waals surface area contributed by atoms with E-state index in [-0.39, 0.29) is 12.5 Å². The van der Waals surface area contributed by atoms with Crippen LogP contribution in [0, 0.1) is 23.4 Å². The van der Waals surface area contributed by atoms with Crippen LogP contribution in [0.1, 0.15) is 23.7 Å². The average Bonchev–Trinajstić information content (AvgIpc) is 2.25. The minimum Gasteiger partial charge on any atom is -0.352 e. The van der Waals surface area contributed by atoms with Crippen molar-refractivity contribution in [3.05, 3.63) is 35.1 Å². The molecule has 0 heterocycles. The zero-order valence-electron chi connectivity index (χ0n) is 9.97. The van der Waals surface area contributed by atoms with Crippen LogP contribution in [0.3, 0.4) is 0 Å². The summed E-state index contributed by atoms with van der Waals surface area (Å²) in [5.41, 5.74) is 4.57. The van der Waals surface area contributed by atoms with Gasteiger partial charge in [-0.1, -0.05) is 6.92 Å². The highest BCUT2D eigenvalue weighted by Crippen LogP contribution is 2.14. The van der Waals surface area contributed by atoms with Gasteiger partial charge in [-0.2, -0.15) is 0 Å². The lowest BCUT2D eigenvalue weighted by molar-refractivity contribution is 0.0939. The van der Waals surface area contributed by atoms with Crippen molar-refractivity contribution in [3.63, 3.8) is 0 Å². The third-order valence-corrected chi connectivity index (χ3v) is 2.50. The second kappa shape index (κ2) is 6.39. The lowest BCUT2D eigenvalue weighted by Crippen LogP contribution is -2.30.